The predicted octanol–water partition coefficient (Wildman–Crippen LogP) is 4.44. The average molecular weight is 302 g/mol. The van der Waals surface area contributed by atoms with E-state index in [2.05, 4.69) is 36.6 Å². The normalized spacial score (nSPS) is 10.5. The van der Waals surface area contributed by atoms with E-state index in [-0.39, 0.29) is 5.82 Å². The molecule has 0 aliphatic rings. The molecule has 21 heavy (non-hydrogen) atoms. The van der Waals surface area contributed by atoms with Crippen LogP contribution >= 0.6 is 12.2 Å². The van der Waals surface area contributed by atoms with Gasteiger partial charge >= 0.3 is 0 Å². The maximum absolute atomic E-state index is 13.1. The van der Waals surface area contributed by atoms with Crippen LogP contribution in [0.1, 0.15) is 30.9 Å². The molecular weight excluding hydrogens is 283 g/mol. The quantitative estimate of drug-likeness (QED) is 0.817. The number of nitrogens with one attached hydrogen (secondary N) is 2. The van der Waals surface area contributed by atoms with Gasteiger partial charge in [-0.25, -0.2) is 4.39 Å². The van der Waals surface area contributed by atoms with Crippen molar-refractivity contribution >= 4 is 23.0 Å². The third kappa shape index (κ3) is 4.83. The maximum Gasteiger partial charge on any atom is 0.171 e. The lowest BCUT2D eigenvalue weighted by atomic mass is 10.0. The Morgan fingerprint density at radius 3 is 2.48 bits per heavy atom. The first-order valence-electron chi connectivity index (χ1n) is 6.94. The lowest BCUT2D eigenvalue weighted by Gasteiger charge is -2.12. The Kier molecular flexibility index (Phi) is 5.28. The minimum atomic E-state index is -0.238. The van der Waals surface area contributed by atoms with Crippen LogP contribution < -0.4 is 10.6 Å². The first-order valence-corrected chi connectivity index (χ1v) is 7.34. The summed E-state index contributed by atoms with van der Waals surface area (Å²) in [5.41, 5.74) is 3.09. The molecule has 0 aliphatic carbocycles. The van der Waals surface area contributed by atoms with E-state index in [1.807, 2.05) is 18.2 Å². The second kappa shape index (κ2) is 7.18. The number of benzene rings is 2. The second-order valence-electron chi connectivity index (χ2n) is 5.21. The van der Waals surface area contributed by atoms with Gasteiger partial charge in [-0.05, 0) is 53.5 Å². The summed E-state index contributed by atoms with van der Waals surface area (Å²) in [7, 11) is 0. The molecule has 2 N–H and O–H groups in total. The van der Waals surface area contributed by atoms with E-state index in [1.165, 1.54) is 17.7 Å². The van der Waals surface area contributed by atoms with Crippen molar-refractivity contribution in [3.05, 3.63) is 65.5 Å². The maximum atomic E-state index is 13.1. The number of thiocarbonyl (C=S) groups is 1. The Hall–Kier alpha value is -1.94. The molecular formula is C17H19FN2S. The molecule has 0 unspecified atom stereocenters. The van der Waals surface area contributed by atoms with Crippen LogP contribution in [-0.4, -0.2) is 5.11 Å². The molecule has 110 valence electrons. The van der Waals surface area contributed by atoms with Crippen LogP contribution in [0.3, 0.4) is 0 Å². The molecule has 0 spiro atoms. The molecule has 2 nitrogen and oxygen atoms in total. The predicted molar refractivity (Wildman–Crippen MR) is 90.0 cm³/mol. The van der Waals surface area contributed by atoms with Crippen LogP contribution in [-0.2, 0) is 6.54 Å². The van der Waals surface area contributed by atoms with Gasteiger partial charge < -0.3 is 10.6 Å². The highest BCUT2D eigenvalue weighted by molar-refractivity contribution is 7.80. The first kappa shape index (κ1) is 15.4. The van der Waals surface area contributed by atoms with E-state index in [0.29, 0.717) is 17.6 Å². The van der Waals surface area contributed by atoms with Crippen molar-refractivity contribution in [3.8, 4) is 0 Å². The van der Waals surface area contributed by atoms with Crippen molar-refractivity contribution in [1.29, 1.82) is 0 Å². The Balaban J connectivity index is 1.87. The SMILES string of the molecule is CC(C)c1ccc(NC(=S)NCc2cccc(F)c2)cc1. The molecule has 2 aromatic carbocycles. The largest absolute Gasteiger partial charge is 0.358 e. The minimum Gasteiger partial charge on any atom is -0.358 e. The molecule has 2 aromatic rings. The molecule has 0 atom stereocenters. The molecule has 0 saturated heterocycles. The summed E-state index contributed by atoms with van der Waals surface area (Å²) in [6.45, 7) is 4.81. The van der Waals surface area contributed by atoms with Crippen molar-refractivity contribution in [2.24, 2.45) is 0 Å². The van der Waals surface area contributed by atoms with Crippen LogP contribution in [0.5, 0.6) is 0 Å². The van der Waals surface area contributed by atoms with Crippen molar-refractivity contribution in [1.82, 2.24) is 5.32 Å². The number of hydrogen-bond acceptors (Lipinski definition) is 1. The smallest absolute Gasteiger partial charge is 0.171 e. The van der Waals surface area contributed by atoms with Gasteiger partial charge in [0, 0.05) is 12.2 Å². The summed E-state index contributed by atoms with van der Waals surface area (Å²) in [6, 6.07) is 14.6. The molecule has 0 saturated carbocycles. The highest BCUT2D eigenvalue weighted by Crippen LogP contribution is 2.17. The van der Waals surface area contributed by atoms with Gasteiger partial charge in [-0.15, -0.1) is 0 Å². The molecule has 0 heterocycles. The molecule has 0 aromatic heterocycles. The van der Waals surface area contributed by atoms with E-state index >= 15 is 0 Å². The Bertz CT molecular complexity index is 608. The van der Waals surface area contributed by atoms with Gasteiger partial charge in [0.2, 0.25) is 0 Å². The molecule has 0 bridgehead atoms. The minimum absolute atomic E-state index is 0.238. The van der Waals surface area contributed by atoms with Gasteiger partial charge in [0.15, 0.2) is 5.11 Å². The summed E-state index contributed by atoms with van der Waals surface area (Å²) in [4.78, 5) is 0. The number of hydrogen-bond donors (Lipinski definition) is 2. The summed E-state index contributed by atoms with van der Waals surface area (Å²) in [5, 5.41) is 6.71. The van der Waals surface area contributed by atoms with E-state index in [9.17, 15) is 4.39 Å². The topological polar surface area (TPSA) is 24.1 Å². The summed E-state index contributed by atoms with van der Waals surface area (Å²) >= 11 is 5.24. The van der Waals surface area contributed by atoms with Gasteiger partial charge in [0.25, 0.3) is 0 Å². The molecule has 0 radical (unpaired) electrons. The Labute approximate surface area is 130 Å². The molecule has 2 rings (SSSR count). The van der Waals surface area contributed by atoms with Crippen molar-refractivity contribution in [2.45, 2.75) is 26.3 Å². The summed E-state index contributed by atoms with van der Waals surface area (Å²) in [5.74, 6) is 0.273. The van der Waals surface area contributed by atoms with Crippen LogP contribution in [0, 0.1) is 5.82 Å². The zero-order valence-corrected chi connectivity index (χ0v) is 13.0. The lowest BCUT2D eigenvalue weighted by molar-refractivity contribution is 0.625. The second-order valence-corrected chi connectivity index (χ2v) is 5.62. The Morgan fingerprint density at radius 1 is 1.14 bits per heavy atom. The fraction of sp³-hybridized carbons (Fsp3) is 0.235. The fourth-order valence-corrected chi connectivity index (χ4v) is 2.15. The zero-order valence-electron chi connectivity index (χ0n) is 12.2. The van der Waals surface area contributed by atoms with E-state index < -0.39 is 0 Å². The van der Waals surface area contributed by atoms with Gasteiger partial charge in [-0.3, -0.25) is 0 Å². The average Bonchev–Trinajstić information content (AvgIpc) is 2.46. The van der Waals surface area contributed by atoms with E-state index in [1.54, 1.807) is 6.07 Å². The third-order valence-electron chi connectivity index (χ3n) is 3.18. The lowest BCUT2D eigenvalue weighted by Crippen LogP contribution is -2.27. The van der Waals surface area contributed by atoms with Crippen LogP contribution in [0.2, 0.25) is 0 Å². The fourth-order valence-electron chi connectivity index (χ4n) is 1.96. The van der Waals surface area contributed by atoms with E-state index in [4.69, 9.17) is 12.2 Å². The molecule has 4 heteroatoms. The summed E-state index contributed by atoms with van der Waals surface area (Å²) < 4.78 is 13.1. The number of anilines is 1. The number of halogens is 1. The van der Waals surface area contributed by atoms with Crippen LogP contribution in [0.4, 0.5) is 10.1 Å². The van der Waals surface area contributed by atoms with E-state index in [0.717, 1.165) is 11.3 Å². The molecule has 0 amide bonds. The summed E-state index contributed by atoms with van der Waals surface area (Å²) in [6.07, 6.45) is 0. The van der Waals surface area contributed by atoms with Crippen LogP contribution in [0.15, 0.2) is 48.5 Å². The van der Waals surface area contributed by atoms with Crippen molar-refractivity contribution in [2.75, 3.05) is 5.32 Å². The van der Waals surface area contributed by atoms with Gasteiger partial charge in [0.1, 0.15) is 5.82 Å². The Morgan fingerprint density at radius 2 is 1.86 bits per heavy atom. The zero-order chi connectivity index (χ0) is 15.2. The molecule has 0 aliphatic heterocycles. The molecule has 0 fully saturated rings. The standard InChI is InChI=1S/C17H19FN2S/c1-12(2)14-6-8-16(9-7-14)20-17(21)19-11-13-4-3-5-15(18)10-13/h3-10,12H,11H2,1-2H3,(H2,19,20,21). The number of rotatable bonds is 4. The van der Waals surface area contributed by atoms with Gasteiger partial charge in [-0.1, -0.05) is 38.1 Å². The monoisotopic (exact) mass is 302 g/mol. The first-order chi connectivity index (χ1) is 10.0. The highest BCUT2D eigenvalue weighted by Gasteiger charge is 2.01. The van der Waals surface area contributed by atoms with Crippen molar-refractivity contribution < 1.29 is 4.39 Å². The highest BCUT2D eigenvalue weighted by atomic mass is 32.1. The van der Waals surface area contributed by atoms with Gasteiger partial charge in [-0.2, -0.15) is 0 Å². The van der Waals surface area contributed by atoms with Crippen molar-refractivity contribution in [3.63, 3.8) is 0 Å². The van der Waals surface area contributed by atoms with Crippen LogP contribution in [0.25, 0.3) is 0 Å². The van der Waals surface area contributed by atoms with Gasteiger partial charge in [0.05, 0.1) is 0 Å². The third-order valence-corrected chi connectivity index (χ3v) is 3.42.